The van der Waals surface area contributed by atoms with Crippen molar-refractivity contribution >= 4 is 38.2 Å². The first-order chi connectivity index (χ1) is 14.7. The van der Waals surface area contributed by atoms with Crippen molar-refractivity contribution in [1.82, 2.24) is 4.98 Å². The predicted octanol–water partition coefficient (Wildman–Crippen LogP) is 4.29. The Balaban J connectivity index is 1.70. The first-order valence-electron chi connectivity index (χ1n) is 8.88. The second-order valence-corrected chi connectivity index (χ2v) is 8.65. The van der Waals surface area contributed by atoms with E-state index in [1.54, 1.807) is 36.7 Å². The molecule has 0 saturated heterocycles. The van der Waals surface area contributed by atoms with Gasteiger partial charge in [0.2, 0.25) is 0 Å². The molecule has 2 heterocycles. The quantitative estimate of drug-likeness (QED) is 0.428. The zero-order chi connectivity index (χ0) is 22.2. The van der Waals surface area contributed by atoms with Crippen LogP contribution in [0.15, 0.2) is 57.2 Å². The smallest absolute Gasteiger partial charge is 0.340 e. The van der Waals surface area contributed by atoms with E-state index in [0.29, 0.717) is 27.5 Å². The highest BCUT2D eigenvalue weighted by Gasteiger charge is 2.15. The van der Waals surface area contributed by atoms with Crippen LogP contribution in [0.5, 0.6) is 10.9 Å². The molecule has 4 rings (SSSR count). The van der Waals surface area contributed by atoms with E-state index in [1.165, 1.54) is 29.5 Å². The Bertz CT molecular complexity index is 1430. The fourth-order valence-electron chi connectivity index (χ4n) is 3.10. The third-order valence-electron chi connectivity index (χ3n) is 4.52. The molecule has 0 spiro atoms. The molecule has 0 atom stereocenters. The van der Waals surface area contributed by atoms with E-state index in [-0.39, 0.29) is 17.5 Å². The van der Waals surface area contributed by atoms with Gasteiger partial charge in [-0.2, -0.15) is 0 Å². The summed E-state index contributed by atoms with van der Waals surface area (Å²) >= 11 is 1.32. The molecule has 0 fully saturated rings. The summed E-state index contributed by atoms with van der Waals surface area (Å²) in [6, 6.07) is 9.09. The minimum absolute atomic E-state index is 0.0865. The zero-order valence-electron chi connectivity index (χ0n) is 16.0. The van der Waals surface area contributed by atoms with Crippen LogP contribution in [-0.2, 0) is 16.6 Å². The van der Waals surface area contributed by atoms with E-state index in [1.807, 2.05) is 0 Å². The highest BCUT2D eigenvalue weighted by molar-refractivity contribution is 7.92. The predicted molar refractivity (Wildman–Crippen MR) is 115 cm³/mol. The number of rotatable bonds is 6. The van der Waals surface area contributed by atoms with Crippen LogP contribution in [0.1, 0.15) is 16.7 Å². The molecule has 0 aliphatic rings. The second kappa shape index (κ2) is 8.10. The number of hydrogen-bond donors (Lipinski definition) is 1. The standard InChI is InChI=1S/C20H15FN3O5S2/c1-11-14-6-5-13(28-20-23-7-8-30-20)10-17(14)29-19(25)15(11)9-12-3-2-4-16(18(12)21)24-31(22,26)27/h2-8,10H,9H2,1H3,(H2,22,26,27)/q-1. The lowest BCUT2D eigenvalue weighted by atomic mass is 9.99. The summed E-state index contributed by atoms with van der Waals surface area (Å²) in [5.41, 5.74) is 0.200. The molecule has 8 nitrogen and oxygen atoms in total. The van der Waals surface area contributed by atoms with Crippen LogP contribution in [0.3, 0.4) is 0 Å². The van der Waals surface area contributed by atoms with E-state index in [4.69, 9.17) is 14.3 Å². The first kappa shape index (κ1) is 21.0. The van der Waals surface area contributed by atoms with Gasteiger partial charge in [-0.05, 0) is 30.2 Å². The minimum atomic E-state index is -4.27. The Labute approximate surface area is 180 Å². The van der Waals surface area contributed by atoms with Crippen molar-refractivity contribution in [1.29, 1.82) is 0 Å². The fourth-order valence-corrected chi connectivity index (χ4v) is 4.02. The summed E-state index contributed by atoms with van der Waals surface area (Å²) in [6.45, 7) is 1.73. The van der Waals surface area contributed by atoms with Crippen molar-refractivity contribution in [2.45, 2.75) is 13.3 Å². The molecule has 11 heteroatoms. The third kappa shape index (κ3) is 4.58. The zero-order valence-corrected chi connectivity index (χ0v) is 17.7. The number of thiazole rings is 1. The monoisotopic (exact) mass is 460 g/mol. The molecule has 0 bridgehead atoms. The maximum absolute atomic E-state index is 14.7. The number of aromatic nitrogens is 1. The van der Waals surface area contributed by atoms with Crippen LogP contribution >= 0.6 is 11.3 Å². The average molecular weight is 460 g/mol. The van der Waals surface area contributed by atoms with Gasteiger partial charge < -0.3 is 13.9 Å². The number of benzene rings is 2. The van der Waals surface area contributed by atoms with Crippen molar-refractivity contribution in [3.63, 3.8) is 0 Å². The van der Waals surface area contributed by atoms with E-state index in [9.17, 15) is 17.6 Å². The normalized spacial score (nSPS) is 11.6. The Kier molecular flexibility index (Phi) is 5.48. The fraction of sp³-hybridized carbons (Fsp3) is 0.100. The molecule has 2 N–H and O–H groups in total. The molecule has 31 heavy (non-hydrogen) atoms. The largest absolute Gasteiger partial charge is 0.562 e. The van der Waals surface area contributed by atoms with Crippen molar-refractivity contribution in [3.05, 3.63) is 85.6 Å². The van der Waals surface area contributed by atoms with E-state index in [0.717, 1.165) is 0 Å². The number of hydrogen-bond acceptors (Lipinski definition) is 7. The molecule has 0 unspecified atom stereocenters. The maximum Gasteiger partial charge on any atom is 0.340 e. The highest BCUT2D eigenvalue weighted by atomic mass is 32.2. The van der Waals surface area contributed by atoms with E-state index in [2.05, 4.69) is 9.71 Å². The van der Waals surface area contributed by atoms with Gasteiger partial charge >= 0.3 is 5.63 Å². The lowest BCUT2D eigenvalue weighted by molar-refractivity contribution is 0.476. The van der Waals surface area contributed by atoms with Gasteiger partial charge in [0.1, 0.15) is 17.1 Å². The SMILES string of the molecule is Cc1c(Cc2cccc([N-]S(N)(=O)=O)c2F)c(=O)oc2cc(Oc3nccs3)ccc12. The summed E-state index contributed by atoms with van der Waals surface area (Å²) in [5.74, 6) is -0.413. The summed E-state index contributed by atoms with van der Waals surface area (Å²) in [6.07, 6.45) is 1.50. The maximum atomic E-state index is 14.7. The van der Waals surface area contributed by atoms with Gasteiger partial charge in [0.15, 0.2) is 10.2 Å². The van der Waals surface area contributed by atoms with Crippen LogP contribution in [0, 0.1) is 12.7 Å². The summed E-state index contributed by atoms with van der Waals surface area (Å²) in [7, 11) is -4.27. The topological polar surface area (TPSA) is 127 Å². The van der Waals surface area contributed by atoms with Gasteiger partial charge in [-0.3, -0.25) is 0 Å². The Morgan fingerprint density at radius 2 is 2.10 bits per heavy atom. The van der Waals surface area contributed by atoms with Crippen molar-refractivity contribution in [2.75, 3.05) is 0 Å². The van der Waals surface area contributed by atoms with Crippen LogP contribution in [-0.4, -0.2) is 13.4 Å². The average Bonchev–Trinajstić information content (AvgIpc) is 3.19. The van der Waals surface area contributed by atoms with Crippen LogP contribution < -0.4 is 15.5 Å². The first-order valence-corrected chi connectivity index (χ1v) is 11.3. The Hall–Kier alpha value is -3.28. The van der Waals surface area contributed by atoms with E-state index < -0.39 is 27.3 Å². The van der Waals surface area contributed by atoms with Gasteiger partial charge in [-0.1, -0.05) is 35.2 Å². The minimum Gasteiger partial charge on any atom is -0.562 e. The van der Waals surface area contributed by atoms with Crippen LogP contribution in [0.4, 0.5) is 10.1 Å². The van der Waals surface area contributed by atoms with Gasteiger partial charge in [0.25, 0.3) is 5.19 Å². The Morgan fingerprint density at radius 1 is 1.29 bits per heavy atom. The van der Waals surface area contributed by atoms with Gasteiger partial charge in [0.05, 0.1) is 0 Å². The molecule has 160 valence electrons. The van der Waals surface area contributed by atoms with Gasteiger partial charge in [0, 0.05) is 35.0 Å². The van der Waals surface area contributed by atoms with Gasteiger partial charge in [-0.25, -0.2) is 27.7 Å². The molecule has 0 amide bonds. The molecule has 0 aliphatic carbocycles. The third-order valence-corrected chi connectivity index (χ3v) is 5.62. The number of nitrogens with two attached hydrogens (primary N) is 1. The van der Waals surface area contributed by atoms with Gasteiger partial charge in [-0.15, -0.1) is 0 Å². The lowest BCUT2D eigenvalue weighted by Crippen LogP contribution is -2.12. The van der Waals surface area contributed by atoms with Crippen molar-refractivity contribution in [2.24, 2.45) is 5.14 Å². The molecule has 2 aromatic carbocycles. The highest BCUT2D eigenvalue weighted by Crippen LogP contribution is 2.31. The van der Waals surface area contributed by atoms with E-state index >= 15 is 0 Å². The summed E-state index contributed by atoms with van der Waals surface area (Å²) in [5, 5.41) is 7.75. The number of ether oxygens (including phenoxy) is 1. The Morgan fingerprint density at radius 3 is 2.81 bits per heavy atom. The molecule has 0 saturated carbocycles. The number of halogens is 1. The lowest BCUT2D eigenvalue weighted by Gasteiger charge is -2.20. The number of fused-ring (bicyclic) bond motifs is 1. The molecule has 4 aromatic rings. The molecule has 0 aliphatic heterocycles. The summed E-state index contributed by atoms with van der Waals surface area (Å²) < 4.78 is 51.3. The number of aryl methyl sites for hydroxylation is 1. The number of nitrogens with zero attached hydrogens (tertiary/aromatic N) is 2. The molecular formula is C20H15FN3O5S2-. The molecule has 0 radical (unpaired) electrons. The van der Waals surface area contributed by atoms with Crippen LogP contribution in [0.2, 0.25) is 0 Å². The van der Waals surface area contributed by atoms with Crippen molar-refractivity contribution in [3.8, 4) is 10.9 Å². The second-order valence-electron chi connectivity index (χ2n) is 6.58. The van der Waals surface area contributed by atoms with Crippen molar-refractivity contribution < 1.29 is 22.0 Å². The molecule has 2 aromatic heterocycles. The molecular weight excluding hydrogens is 445 g/mol. The van der Waals surface area contributed by atoms with Crippen LogP contribution in [0.25, 0.3) is 15.7 Å². The summed E-state index contributed by atoms with van der Waals surface area (Å²) in [4.78, 5) is 16.7.